The van der Waals surface area contributed by atoms with Gasteiger partial charge in [-0.2, -0.15) is 0 Å². The highest BCUT2D eigenvalue weighted by molar-refractivity contribution is 5.53. The molecule has 0 amide bonds. The summed E-state index contributed by atoms with van der Waals surface area (Å²) < 4.78 is 0. The zero-order chi connectivity index (χ0) is 11.5. The van der Waals surface area contributed by atoms with Crippen molar-refractivity contribution >= 4 is 5.69 Å². The fraction of sp³-hybridized carbons (Fsp3) is 0.571. The molecule has 1 unspecified atom stereocenters. The van der Waals surface area contributed by atoms with Gasteiger partial charge in [0.05, 0.1) is 0 Å². The molecule has 1 aromatic rings. The third-order valence-electron chi connectivity index (χ3n) is 3.74. The van der Waals surface area contributed by atoms with Gasteiger partial charge in [0.15, 0.2) is 0 Å². The van der Waals surface area contributed by atoms with E-state index in [1.165, 1.54) is 29.7 Å². The number of fused-ring (bicyclic) bond motifs is 1. The number of benzene rings is 1. The van der Waals surface area contributed by atoms with E-state index in [2.05, 4.69) is 36.9 Å². The second-order valence-corrected chi connectivity index (χ2v) is 4.53. The molecule has 1 aliphatic carbocycles. The molecular formula is C14H22N2. The number of hydrogen-bond acceptors (Lipinski definition) is 2. The minimum atomic E-state index is 0.588. The van der Waals surface area contributed by atoms with Gasteiger partial charge in [0.25, 0.3) is 0 Å². The molecule has 0 bridgehead atoms. The first-order valence-corrected chi connectivity index (χ1v) is 6.38. The quantitative estimate of drug-likeness (QED) is 0.841. The molecule has 2 heteroatoms. The predicted molar refractivity (Wildman–Crippen MR) is 70.1 cm³/mol. The van der Waals surface area contributed by atoms with Gasteiger partial charge in [0.2, 0.25) is 0 Å². The molecule has 0 aromatic heterocycles. The summed E-state index contributed by atoms with van der Waals surface area (Å²) in [7, 11) is 0. The molecular weight excluding hydrogens is 196 g/mol. The van der Waals surface area contributed by atoms with Crippen molar-refractivity contribution in [1.29, 1.82) is 0 Å². The van der Waals surface area contributed by atoms with Gasteiger partial charge in [0.1, 0.15) is 0 Å². The number of nitrogens with zero attached hydrogens (tertiary/aromatic N) is 1. The average molecular weight is 218 g/mol. The van der Waals surface area contributed by atoms with Crippen molar-refractivity contribution < 1.29 is 0 Å². The molecule has 1 atom stereocenters. The molecule has 0 radical (unpaired) electrons. The summed E-state index contributed by atoms with van der Waals surface area (Å²) in [6.07, 6.45) is 2.43. The Labute approximate surface area is 98.4 Å². The van der Waals surface area contributed by atoms with E-state index in [-0.39, 0.29) is 0 Å². The van der Waals surface area contributed by atoms with Crippen molar-refractivity contribution in [2.24, 2.45) is 5.73 Å². The zero-order valence-electron chi connectivity index (χ0n) is 10.4. The van der Waals surface area contributed by atoms with Crippen LogP contribution < -0.4 is 10.6 Å². The van der Waals surface area contributed by atoms with Crippen LogP contribution in [0.4, 0.5) is 5.69 Å². The van der Waals surface area contributed by atoms with Gasteiger partial charge >= 0.3 is 0 Å². The van der Waals surface area contributed by atoms with Crippen LogP contribution in [0.2, 0.25) is 0 Å². The van der Waals surface area contributed by atoms with Gasteiger partial charge in [-0.05, 0) is 62.4 Å². The van der Waals surface area contributed by atoms with Gasteiger partial charge in [-0.25, -0.2) is 0 Å². The molecule has 0 saturated carbocycles. The van der Waals surface area contributed by atoms with Crippen LogP contribution in [-0.4, -0.2) is 19.6 Å². The molecule has 16 heavy (non-hydrogen) atoms. The van der Waals surface area contributed by atoms with Crippen LogP contribution in [-0.2, 0) is 6.42 Å². The van der Waals surface area contributed by atoms with Crippen LogP contribution in [0, 0.1) is 0 Å². The van der Waals surface area contributed by atoms with Gasteiger partial charge in [-0.3, -0.25) is 0 Å². The third-order valence-corrected chi connectivity index (χ3v) is 3.74. The predicted octanol–water partition coefficient (Wildman–Crippen LogP) is 2.52. The van der Waals surface area contributed by atoms with E-state index >= 15 is 0 Å². The lowest BCUT2D eigenvalue weighted by atomic mass is 10.0. The number of hydrogen-bond donors (Lipinski definition) is 1. The Morgan fingerprint density at radius 2 is 2.06 bits per heavy atom. The molecule has 2 rings (SSSR count). The summed E-state index contributed by atoms with van der Waals surface area (Å²) in [4.78, 5) is 2.40. The standard InChI is InChI=1S/C14H22N2/c1-3-16(4-2)13-8-7-11-5-6-12(10-15)14(11)9-13/h7-9,12H,3-6,10,15H2,1-2H3. The Balaban J connectivity index is 2.31. The monoisotopic (exact) mass is 218 g/mol. The molecule has 2 N–H and O–H groups in total. The Kier molecular flexibility index (Phi) is 3.49. The SMILES string of the molecule is CCN(CC)c1ccc2c(c1)C(CN)CC2. The highest BCUT2D eigenvalue weighted by atomic mass is 15.1. The smallest absolute Gasteiger partial charge is 0.0369 e. The molecule has 0 fully saturated rings. The Hall–Kier alpha value is -1.02. The van der Waals surface area contributed by atoms with E-state index in [9.17, 15) is 0 Å². The van der Waals surface area contributed by atoms with Crippen molar-refractivity contribution in [3.05, 3.63) is 29.3 Å². The fourth-order valence-electron chi connectivity index (χ4n) is 2.71. The van der Waals surface area contributed by atoms with Crippen LogP contribution in [0.25, 0.3) is 0 Å². The van der Waals surface area contributed by atoms with Crippen molar-refractivity contribution in [2.45, 2.75) is 32.6 Å². The molecule has 0 heterocycles. The maximum atomic E-state index is 5.83. The molecule has 1 aromatic carbocycles. The lowest BCUT2D eigenvalue weighted by Crippen LogP contribution is -2.22. The number of anilines is 1. The molecule has 1 aliphatic rings. The summed E-state index contributed by atoms with van der Waals surface area (Å²) in [6, 6.07) is 6.90. The maximum Gasteiger partial charge on any atom is 0.0369 e. The summed E-state index contributed by atoms with van der Waals surface area (Å²) in [5.41, 5.74) is 10.2. The molecule has 0 spiro atoms. The van der Waals surface area contributed by atoms with E-state index in [4.69, 9.17) is 5.73 Å². The normalized spacial score (nSPS) is 18.6. The van der Waals surface area contributed by atoms with Gasteiger partial charge in [0, 0.05) is 18.8 Å². The summed E-state index contributed by atoms with van der Waals surface area (Å²) >= 11 is 0. The van der Waals surface area contributed by atoms with Gasteiger partial charge < -0.3 is 10.6 Å². The number of nitrogens with two attached hydrogens (primary N) is 1. The Morgan fingerprint density at radius 1 is 1.31 bits per heavy atom. The van der Waals surface area contributed by atoms with Crippen molar-refractivity contribution in [3.63, 3.8) is 0 Å². The highest BCUT2D eigenvalue weighted by Crippen LogP contribution is 2.34. The van der Waals surface area contributed by atoms with Crippen LogP contribution in [0.1, 0.15) is 37.3 Å². The van der Waals surface area contributed by atoms with Crippen LogP contribution in [0.3, 0.4) is 0 Å². The van der Waals surface area contributed by atoms with E-state index in [1.807, 2.05) is 0 Å². The molecule has 88 valence electrons. The molecule has 0 saturated heterocycles. The van der Waals surface area contributed by atoms with Crippen molar-refractivity contribution in [1.82, 2.24) is 0 Å². The molecule has 0 aliphatic heterocycles. The van der Waals surface area contributed by atoms with Crippen molar-refractivity contribution in [3.8, 4) is 0 Å². The number of aryl methyl sites for hydroxylation is 1. The zero-order valence-corrected chi connectivity index (χ0v) is 10.4. The van der Waals surface area contributed by atoms with E-state index in [0.717, 1.165) is 19.6 Å². The maximum absolute atomic E-state index is 5.83. The van der Waals surface area contributed by atoms with Crippen LogP contribution in [0.15, 0.2) is 18.2 Å². The van der Waals surface area contributed by atoms with E-state index in [1.54, 1.807) is 0 Å². The lowest BCUT2D eigenvalue weighted by Gasteiger charge is -2.22. The largest absolute Gasteiger partial charge is 0.372 e. The summed E-state index contributed by atoms with van der Waals surface area (Å²) in [5.74, 6) is 0.588. The Morgan fingerprint density at radius 3 is 2.69 bits per heavy atom. The third kappa shape index (κ3) is 1.94. The Bertz CT molecular complexity index is 356. The minimum absolute atomic E-state index is 0.588. The highest BCUT2D eigenvalue weighted by Gasteiger charge is 2.21. The van der Waals surface area contributed by atoms with E-state index in [0.29, 0.717) is 5.92 Å². The van der Waals surface area contributed by atoms with Crippen LogP contribution >= 0.6 is 0 Å². The summed E-state index contributed by atoms with van der Waals surface area (Å²) in [5, 5.41) is 0. The second-order valence-electron chi connectivity index (χ2n) is 4.53. The van der Waals surface area contributed by atoms with Crippen molar-refractivity contribution in [2.75, 3.05) is 24.5 Å². The topological polar surface area (TPSA) is 29.3 Å². The number of rotatable bonds is 4. The minimum Gasteiger partial charge on any atom is -0.372 e. The van der Waals surface area contributed by atoms with E-state index < -0.39 is 0 Å². The average Bonchev–Trinajstić information content (AvgIpc) is 2.73. The summed E-state index contributed by atoms with van der Waals surface area (Å²) in [6.45, 7) is 7.34. The fourth-order valence-corrected chi connectivity index (χ4v) is 2.71. The first-order valence-electron chi connectivity index (χ1n) is 6.38. The van der Waals surface area contributed by atoms with Gasteiger partial charge in [-0.1, -0.05) is 6.07 Å². The first kappa shape index (κ1) is 11.5. The van der Waals surface area contributed by atoms with Crippen LogP contribution in [0.5, 0.6) is 0 Å². The van der Waals surface area contributed by atoms with Gasteiger partial charge in [-0.15, -0.1) is 0 Å². The second kappa shape index (κ2) is 4.88. The lowest BCUT2D eigenvalue weighted by molar-refractivity contribution is 0.688. The first-order chi connectivity index (χ1) is 7.80. The molecule has 2 nitrogen and oxygen atoms in total.